The van der Waals surface area contributed by atoms with Crippen LogP contribution in [-0.4, -0.2) is 83.5 Å². The first-order valence-corrected chi connectivity index (χ1v) is 12.1. The van der Waals surface area contributed by atoms with Crippen LogP contribution in [-0.2, 0) is 4.74 Å². The number of carbonyl (C=O) groups excluding carboxylic acids is 1. The number of likely N-dealkylation sites (tertiary alicyclic amines) is 1. The van der Waals surface area contributed by atoms with Gasteiger partial charge in [-0.25, -0.2) is 9.97 Å². The summed E-state index contributed by atoms with van der Waals surface area (Å²) in [4.78, 5) is 28.1. The first-order chi connectivity index (χ1) is 16.2. The minimum atomic E-state index is 0.0714. The number of aromatic nitrogens is 4. The maximum absolute atomic E-state index is 13.3. The van der Waals surface area contributed by atoms with E-state index in [-0.39, 0.29) is 5.91 Å². The lowest BCUT2D eigenvalue weighted by molar-refractivity contribution is 0.0794. The zero-order valence-corrected chi connectivity index (χ0v) is 19.2. The number of H-pyrrole nitrogens is 1. The Morgan fingerprint density at radius 3 is 2.94 bits per heavy atom. The number of hydrogen-bond acceptors (Lipinski definition) is 8. The van der Waals surface area contributed by atoms with E-state index in [1.165, 1.54) is 11.3 Å². The highest BCUT2D eigenvalue weighted by Crippen LogP contribution is 2.36. The summed E-state index contributed by atoms with van der Waals surface area (Å²) in [5.41, 5.74) is 2.67. The molecule has 1 unspecified atom stereocenters. The van der Waals surface area contributed by atoms with E-state index in [1.54, 1.807) is 6.20 Å². The Morgan fingerprint density at radius 2 is 2.12 bits per heavy atom. The third kappa shape index (κ3) is 3.64. The zero-order valence-electron chi connectivity index (χ0n) is 18.4. The van der Waals surface area contributed by atoms with Crippen LogP contribution >= 0.6 is 11.3 Å². The fraction of sp³-hybridized carbons (Fsp3) is 0.391. The van der Waals surface area contributed by atoms with Crippen molar-refractivity contribution in [3.63, 3.8) is 0 Å². The molecule has 0 aliphatic carbocycles. The van der Waals surface area contributed by atoms with Crippen LogP contribution in [0.2, 0.25) is 0 Å². The van der Waals surface area contributed by atoms with Crippen LogP contribution < -0.4 is 10.2 Å². The maximum atomic E-state index is 13.3. The van der Waals surface area contributed by atoms with E-state index in [2.05, 4.69) is 20.4 Å². The van der Waals surface area contributed by atoms with Crippen LogP contribution in [0, 0.1) is 0 Å². The van der Waals surface area contributed by atoms with Crippen molar-refractivity contribution in [2.24, 2.45) is 0 Å². The number of aromatic amines is 1. The van der Waals surface area contributed by atoms with E-state index in [9.17, 15) is 4.79 Å². The zero-order chi connectivity index (χ0) is 22.4. The molecule has 2 fully saturated rings. The van der Waals surface area contributed by atoms with Gasteiger partial charge in [-0.3, -0.25) is 9.89 Å². The molecule has 1 amide bonds. The number of fused-ring (bicyclic) bond motifs is 2. The summed E-state index contributed by atoms with van der Waals surface area (Å²) in [6.45, 7) is 4.36. The molecule has 1 aromatic carbocycles. The SMILES string of the molecule is CNC1CCN(C(=O)c2cc3nc(-c4cccc5[nH]ncc45)nc(N4CCOCC4)c3s2)C1. The van der Waals surface area contributed by atoms with Gasteiger partial charge >= 0.3 is 0 Å². The normalized spacial score (nSPS) is 19.1. The van der Waals surface area contributed by atoms with Crippen LogP contribution in [0.3, 0.4) is 0 Å². The smallest absolute Gasteiger partial charge is 0.264 e. The molecule has 2 aliphatic heterocycles. The number of morpholine rings is 1. The van der Waals surface area contributed by atoms with Crippen molar-refractivity contribution in [2.45, 2.75) is 12.5 Å². The molecule has 2 saturated heterocycles. The van der Waals surface area contributed by atoms with Crippen molar-refractivity contribution in [3.05, 3.63) is 35.3 Å². The van der Waals surface area contributed by atoms with Crippen molar-refractivity contribution < 1.29 is 9.53 Å². The number of rotatable bonds is 4. The van der Waals surface area contributed by atoms with Gasteiger partial charge in [0.15, 0.2) is 11.6 Å². The largest absolute Gasteiger partial charge is 0.378 e. The molecular weight excluding hydrogens is 438 g/mol. The monoisotopic (exact) mass is 463 g/mol. The van der Waals surface area contributed by atoms with Crippen molar-refractivity contribution >= 4 is 44.2 Å². The number of thiophene rings is 1. The molecule has 0 bridgehead atoms. The molecule has 0 saturated carbocycles. The highest BCUT2D eigenvalue weighted by atomic mass is 32.1. The summed E-state index contributed by atoms with van der Waals surface area (Å²) in [7, 11) is 1.95. The van der Waals surface area contributed by atoms with Gasteiger partial charge < -0.3 is 19.9 Å². The lowest BCUT2D eigenvalue weighted by Crippen LogP contribution is -2.36. The van der Waals surface area contributed by atoms with E-state index in [1.807, 2.05) is 36.2 Å². The fourth-order valence-corrected chi connectivity index (χ4v) is 5.71. The number of hydrogen-bond donors (Lipinski definition) is 2. The molecule has 6 rings (SSSR count). The van der Waals surface area contributed by atoms with Crippen molar-refractivity contribution in [1.82, 2.24) is 30.4 Å². The minimum absolute atomic E-state index is 0.0714. The van der Waals surface area contributed by atoms with Crippen molar-refractivity contribution in [3.8, 4) is 11.4 Å². The minimum Gasteiger partial charge on any atom is -0.378 e. The Balaban J connectivity index is 1.46. The van der Waals surface area contributed by atoms with E-state index in [0.717, 1.165) is 65.1 Å². The average Bonchev–Trinajstić information content (AvgIpc) is 3.62. The number of benzene rings is 1. The molecular formula is C23H25N7O2S. The van der Waals surface area contributed by atoms with E-state index >= 15 is 0 Å². The van der Waals surface area contributed by atoms with Gasteiger partial charge in [-0.1, -0.05) is 12.1 Å². The third-order valence-corrected chi connectivity index (χ3v) is 7.59. The highest BCUT2D eigenvalue weighted by molar-refractivity contribution is 7.21. The molecule has 10 heteroatoms. The van der Waals surface area contributed by atoms with Crippen LogP contribution in [0.4, 0.5) is 5.82 Å². The number of anilines is 1. The second-order valence-electron chi connectivity index (χ2n) is 8.46. The number of amides is 1. The Bertz CT molecular complexity index is 1330. The van der Waals surface area contributed by atoms with Crippen LogP contribution in [0.25, 0.3) is 32.5 Å². The number of likely N-dealkylation sites (N-methyl/N-ethyl adjacent to an activating group) is 1. The Kier molecular flexibility index (Phi) is 5.20. The Morgan fingerprint density at radius 1 is 1.24 bits per heavy atom. The molecule has 5 heterocycles. The second kappa shape index (κ2) is 8.36. The van der Waals surface area contributed by atoms with Gasteiger partial charge in [0.25, 0.3) is 5.91 Å². The lowest BCUT2D eigenvalue weighted by atomic mass is 10.1. The van der Waals surface area contributed by atoms with E-state index < -0.39 is 0 Å². The Labute approximate surface area is 194 Å². The topological polar surface area (TPSA) is 99.3 Å². The summed E-state index contributed by atoms with van der Waals surface area (Å²) in [5.74, 6) is 1.59. The standard InChI is InChI=1S/C23H25N7O2S/c1-24-14-5-6-30(13-14)23(31)19-11-18-20(33-19)22(29-7-9-32-10-8-29)27-21(26-18)15-3-2-4-17-16(15)12-25-28-17/h2-4,11-12,14,24H,5-10,13H2,1H3,(H,25,28). The van der Waals surface area contributed by atoms with Crippen LogP contribution in [0.15, 0.2) is 30.5 Å². The van der Waals surface area contributed by atoms with Gasteiger partial charge in [-0.05, 0) is 25.6 Å². The lowest BCUT2D eigenvalue weighted by Gasteiger charge is -2.28. The molecule has 33 heavy (non-hydrogen) atoms. The molecule has 4 aromatic rings. The summed E-state index contributed by atoms with van der Waals surface area (Å²) in [6.07, 6.45) is 2.78. The number of nitrogens with zero attached hydrogens (tertiary/aromatic N) is 5. The van der Waals surface area contributed by atoms with Gasteiger partial charge in [0.05, 0.1) is 40.0 Å². The molecule has 9 nitrogen and oxygen atoms in total. The summed E-state index contributed by atoms with van der Waals surface area (Å²) >= 11 is 1.49. The van der Waals surface area contributed by atoms with Crippen LogP contribution in [0.5, 0.6) is 0 Å². The predicted molar refractivity (Wildman–Crippen MR) is 129 cm³/mol. The molecule has 3 aromatic heterocycles. The summed E-state index contributed by atoms with van der Waals surface area (Å²) in [6, 6.07) is 8.27. The fourth-order valence-electron chi connectivity index (χ4n) is 4.63. The van der Waals surface area contributed by atoms with Gasteiger partial charge in [-0.15, -0.1) is 11.3 Å². The number of nitrogens with one attached hydrogen (secondary N) is 2. The summed E-state index contributed by atoms with van der Waals surface area (Å²) in [5, 5.41) is 11.5. The maximum Gasteiger partial charge on any atom is 0.264 e. The summed E-state index contributed by atoms with van der Waals surface area (Å²) < 4.78 is 6.52. The van der Waals surface area contributed by atoms with E-state index in [0.29, 0.717) is 30.0 Å². The molecule has 2 aliphatic rings. The molecule has 2 N–H and O–H groups in total. The van der Waals surface area contributed by atoms with Gasteiger partial charge in [-0.2, -0.15) is 5.10 Å². The quantitative estimate of drug-likeness (QED) is 0.480. The van der Waals surface area contributed by atoms with Gasteiger partial charge in [0.2, 0.25) is 0 Å². The number of ether oxygens (including phenoxy) is 1. The first-order valence-electron chi connectivity index (χ1n) is 11.2. The molecule has 170 valence electrons. The molecule has 1 atom stereocenters. The second-order valence-corrected chi connectivity index (χ2v) is 9.51. The first kappa shape index (κ1) is 20.5. The van der Waals surface area contributed by atoms with Crippen molar-refractivity contribution in [2.75, 3.05) is 51.3 Å². The van der Waals surface area contributed by atoms with Gasteiger partial charge in [0, 0.05) is 43.2 Å². The predicted octanol–water partition coefficient (Wildman–Crippen LogP) is 2.51. The van der Waals surface area contributed by atoms with E-state index in [4.69, 9.17) is 14.7 Å². The van der Waals surface area contributed by atoms with Gasteiger partial charge in [0.1, 0.15) is 0 Å². The average molecular weight is 464 g/mol. The third-order valence-electron chi connectivity index (χ3n) is 6.48. The Hall–Kier alpha value is -3.08. The van der Waals surface area contributed by atoms with Crippen molar-refractivity contribution in [1.29, 1.82) is 0 Å². The number of carbonyl (C=O) groups is 1. The molecule has 0 spiro atoms. The molecule has 0 radical (unpaired) electrons. The van der Waals surface area contributed by atoms with Crippen LogP contribution in [0.1, 0.15) is 16.1 Å². The highest BCUT2D eigenvalue weighted by Gasteiger charge is 2.28.